The number of carboxylic acids is 2. The number of carbonyl (C=O) groups is 4. The summed E-state index contributed by atoms with van der Waals surface area (Å²) in [5.74, 6) is -4.74. The predicted octanol–water partition coefficient (Wildman–Crippen LogP) is 1.09. The number of imide groups is 1. The second kappa shape index (κ2) is 11.9. The summed E-state index contributed by atoms with van der Waals surface area (Å²) in [6.07, 6.45) is 0.350. The average molecular weight is 561 g/mol. The van der Waals surface area contributed by atoms with Crippen molar-refractivity contribution in [1.29, 1.82) is 0 Å². The summed E-state index contributed by atoms with van der Waals surface area (Å²) in [5, 5.41) is 21.9. The molecule has 0 saturated heterocycles. The second-order valence-electron chi connectivity index (χ2n) is 8.80. The average Bonchev–Trinajstić information content (AvgIpc) is 2.94. The zero-order chi connectivity index (χ0) is 29.7. The molecule has 0 spiro atoms. The van der Waals surface area contributed by atoms with Gasteiger partial charge in [0.1, 0.15) is 6.04 Å². The molecule has 0 bridgehead atoms. The molecule has 0 unspecified atom stereocenters. The van der Waals surface area contributed by atoms with E-state index in [-0.39, 0.29) is 34.8 Å². The molecule has 2 aromatic heterocycles. The monoisotopic (exact) mass is 560 g/mol. The minimum Gasteiger partial charge on any atom is -0.481 e. The maximum atomic E-state index is 13.5. The number of benzene rings is 2. The van der Waals surface area contributed by atoms with Crippen molar-refractivity contribution in [2.24, 2.45) is 0 Å². The number of rotatable bonds is 10. The molecule has 1 atom stereocenters. The lowest BCUT2D eigenvalue weighted by Crippen LogP contribution is -2.49. The first-order valence-electron chi connectivity index (χ1n) is 12.1. The number of carbonyl (C=O) groups excluding carboxylic acids is 2. The van der Waals surface area contributed by atoms with Crippen molar-refractivity contribution in [1.82, 2.24) is 24.8 Å². The topological polar surface area (TPSA) is 248 Å². The molecule has 4 aromatic rings. The van der Waals surface area contributed by atoms with E-state index in [1.54, 1.807) is 0 Å². The number of fused-ring (bicyclic) bond motifs is 1. The number of aromatic nitrogens is 4. The molecule has 15 heteroatoms. The fourth-order valence-electron chi connectivity index (χ4n) is 3.88. The summed E-state index contributed by atoms with van der Waals surface area (Å²) in [4.78, 5) is 77.2. The molecule has 0 aliphatic carbocycles. The molecule has 0 saturated carbocycles. The number of H-pyrrole nitrogens is 1. The standard InChI is InChI=1S/C26H24N8O7/c27-15-5-1-13(2-6-15)23(38)34(18(25(40)41)9-10-19(35)36)24(39)14-3-7-16(8-4-14)29-11-17-12-30-21-20(31-17)22(37)33-26(28)32-21/h1-8,12,18,29H,9-11,27H2,(H,35,36)(H,40,41)(H3,28,30,32,33,37)/t18-/m0/s1. The van der Waals surface area contributed by atoms with Gasteiger partial charge in [-0.15, -0.1) is 0 Å². The Bertz CT molecular complexity index is 1690. The van der Waals surface area contributed by atoms with E-state index in [0.717, 1.165) is 0 Å². The summed E-state index contributed by atoms with van der Waals surface area (Å²) < 4.78 is 0. The van der Waals surface area contributed by atoms with Crippen LogP contribution in [0.2, 0.25) is 0 Å². The highest BCUT2D eigenvalue weighted by atomic mass is 16.4. The molecular formula is C26H24N8O7. The van der Waals surface area contributed by atoms with E-state index in [2.05, 4.69) is 25.3 Å². The molecule has 0 aliphatic rings. The fraction of sp³-hybridized carbons (Fsp3) is 0.154. The van der Waals surface area contributed by atoms with Crippen molar-refractivity contribution in [3.05, 3.63) is 81.9 Å². The van der Waals surface area contributed by atoms with Crippen LogP contribution in [-0.2, 0) is 16.1 Å². The molecule has 2 amide bonds. The van der Waals surface area contributed by atoms with Crippen LogP contribution in [-0.4, -0.2) is 64.8 Å². The summed E-state index contributed by atoms with van der Waals surface area (Å²) in [6, 6.07) is 9.61. The number of nitrogens with two attached hydrogens (primary N) is 2. The minimum absolute atomic E-state index is 0.000583. The number of nitrogens with one attached hydrogen (secondary N) is 2. The normalized spacial score (nSPS) is 11.5. The first-order chi connectivity index (χ1) is 19.5. The third kappa shape index (κ3) is 6.59. The van der Waals surface area contributed by atoms with Gasteiger partial charge in [0.15, 0.2) is 11.2 Å². The first-order valence-corrected chi connectivity index (χ1v) is 12.1. The van der Waals surface area contributed by atoms with Crippen LogP contribution in [0, 0.1) is 0 Å². The number of nitrogen functional groups attached to an aromatic ring is 2. The van der Waals surface area contributed by atoms with Crippen molar-refractivity contribution in [3.63, 3.8) is 0 Å². The van der Waals surface area contributed by atoms with Crippen molar-refractivity contribution >= 4 is 52.2 Å². The van der Waals surface area contributed by atoms with Crippen LogP contribution < -0.4 is 22.3 Å². The zero-order valence-corrected chi connectivity index (χ0v) is 21.3. The van der Waals surface area contributed by atoms with Gasteiger partial charge >= 0.3 is 11.9 Å². The number of aliphatic carboxylic acids is 2. The fourth-order valence-corrected chi connectivity index (χ4v) is 3.88. The van der Waals surface area contributed by atoms with Crippen molar-refractivity contribution < 1.29 is 29.4 Å². The Balaban J connectivity index is 1.56. The Hall–Kier alpha value is -5.86. The third-order valence-corrected chi connectivity index (χ3v) is 5.92. The highest BCUT2D eigenvalue weighted by Crippen LogP contribution is 2.20. The summed E-state index contributed by atoms with van der Waals surface area (Å²) >= 11 is 0. The Labute approximate surface area is 230 Å². The zero-order valence-electron chi connectivity index (χ0n) is 21.3. The van der Waals surface area contributed by atoms with Crippen molar-refractivity contribution in [3.8, 4) is 0 Å². The highest BCUT2D eigenvalue weighted by molar-refractivity contribution is 6.12. The molecule has 2 aromatic carbocycles. The van der Waals surface area contributed by atoms with Gasteiger partial charge in [-0.2, -0.15) is 4.98 Å². The molecule has 0 fully saturated rings. The van der Waals surface area contributed by atoms with Crippen LogP contribution in [0.15, 0.2) is 59.5 Å². The quantitative estimate of drug-likeness (QED) is 0.117. The number of aromatic amines is 1. The number of anilines is 3. The first kappa shape index (κ1) is 28.2. The van der Waals surface area contributed by atoms with E-state index < -0.39 is 48.2 Å². The molecular weight excluding hydrogens is 536 g/mol. The largest absolute Gasteiger partial charge is 0.481 e. The molecule has 8 N–H and O–H groups in total. The Morgan fingerprint density at radius 3 is 2.12 bits per heavy atom. The molecule has 15 nitrogen and oxygen atoms in total. The van der Waals surface area contributed by atoms with Gasteiger partial charge in [0.05, 0.1) is 18.4 Å². The molecule has 41 heavy (non-hydrogen) atoms. The second-order valence-corrected chi connectivity index (χ2v) is 8.80. The SMILES string of the molecule is Nc1ccc(C(=O)N(C(=O)c2ccc(NCc3cnc4nc(N)[nH]c(=O)c4n3)cc2)[C@@H](CCC(=O)O)C(=O)O)cc1. The van der Waals surface area contributed by atoms with Crippen LogP contribution in [0.25, 0.3) is 11.2 Å². The van der Waals surface area contributed by atoms with Gasteiger partial charge in [-0.3, -0.25) is 29.1 Å². The van der Waals surface area contributed by atoms with Crippen LogP contribution in [0.4, 0.5) is 17.3 Å². The van der Waals surface area contributed by atoms with Gasteiger partial charge in [-0.05, 0) is 55.0 Å². The lowest BCUT2D eigenvalue weighted by molar-refractivity contribution is -0.142. The number of hydrogen-bond donors (Lipinski definition) is 6. The minimum atomic E-state index is -1.74. The van der Waals surface area contributed by atoms with Crippen molar-refractivity contribution in [2.45, 2.75) is 25.4 Å². The lowest BCUT2D eigenvalue weighted by Gasteiger charge is -2.27. The summed E-state index contributed by atoms with van der Waals surface area (Å²) in [5.41, 5.74) is 12.0. The summed E-state index contributed by atoms with van der Waals surface area (Å²) in [6.45, 7) is 0.151. The van der Waals surface area contributed by atoms with Crippen molar-refractivity contribution in [2.75, 3.05) is 16.8 Å². The molecule has 210 valence electrons. The van der Waals surface area contributed by atoms with Gasteiger partial charge in [0.2, 0.25) is 5.95 Å². The van der Waals surface area contributed by atoms with E-state index in [4.69, 9.17) is 16.6 Å². The highest BCUT2D eigenvalue weighted by Gasteiger charge is 2.36. The maximum absolute atomic E-state index is 13.5. The Kier molecular flexibility index (Phi) is 8.17. The van der Waals surface area contributed by atoms with E-state index in [9.17, 15) is 29.1 Å². The van der Waals surface area contributed by atoms with Crippen LogP contribution in [0.1, 0.15) is 39.3 Å². The van der Waals surface area contributed by atoms with E-state index in [1.807, 2.05) is 0 Å². The van der Waals surface area contributed by atoms with Crippen LogP contribution in [0.3, 0.4) is 0 Å². The summed E-state index contributed by atoms with van der Waals surface area (Å²) in [7, 11) is 0. The molecule has 2 heterocycles. The maximum Gasteiger partial charge on any atom is 0.326 e. The number of amides is 2. The number of carboxylic acid groups (broad SMARTS) is 2. The van der Waals surface area contributed by atoms with Gasteiger partial charge in [-0.25, -0.2) is 14.8 Å². The van der Waals surface area contributed by atoms with Gasteiger partial charge in [-0.1, -0.05) is 0 Å². The predicted molar refractivity (Wildman–Crippen MR) is 146 cm³/mol. The van der Waals surface area contributed by atoms with Gasteiger partial charge < -0.3 is 27.0 Å². The van der Waals surface area contributed by atoms with Crippen LogP contribution >= 0.6 is 0 Å². The number of nitrogens with zero attached hydrogens (tertiary/aromatic N) is 4. The van der Waals surface area contributed by atoms with E-state index in [1.165, 1.54) is 54.7 Å². The molecule has 0 radical (unpaired) electrons. The third-order valence-electron chi connectivity index (χ3n) is 5.92. The lowest BCUT2D eigenvalue weighted by atomic mass is 10.0. The number of hydrogen-bond acceptors (Lipinski definition) is 11. The van der Waals surface area contributed by atoms with Gasteiger partial charge in [0.25, 0.3) is 17.4 Å². The van der Waals surface area contributed by atoms with E-state index >= 15 is 0 Å². The van der Waals surface area contributed by atoms with E-state index in [0.29, 0.717) is 22.0 Å². The Morgan fingerprint density at radius 2 is 1.54 bits per heavy atom. The molecule has 4 rings (SSSR count). The van der Waals surface area contributed by atoms with Crippen LogP contribution in [0.5, 0.6) is 0 Å². The smallest absolute Gasteiger partial charge is 0.326 e. The van der Waals surface area contributed by atoms with Gasteiger partial charge in [0, 0.05) is 28.9 Å². The molecule has 0 aliphatic heterocycles. The Morgan fingerprint density at radius 1 is 0.927 bits per heavy atom.